The second-order valence-electron chi connectivity index (χ2n) is 7.17. The number of nitrogens with one attached hydrogen (secondary N) is 1. The van der Waals surface area contributed by atoms with E-state index in [1.54, 1.807) is 6.07 Å². The average Bonchev–Trinajstić information content (AvgIpc) is 3.27. The summed E-state index contributed by atoms with van der Waals surface area (Å²) >= 11 is 0. The number of ether oxygens (including phenoxy) is 1. The lowest BCUT2D eigenvalue weighted by molar-refractivity contribution is 0.00301. The Morgan fingerprint density at radius 3 is 2.70 bits per heavy atom. The Bertz CT molecular complexity index is 939. The van der Waals surface area contributed by atoms with E-state index in [1.807, 2.05) is 36.5 Å². The first-order valence-corrected chi connectivity index (χ1v) is 9.22. The number of rotatable bonds is 5. The maximum Gasteiger partial charge on any atom is 0.290 e. The minimum atomic E-state index is -0.221. The van der Waals surface area contributed by atoms with Crippen molar-refractivity contribution in [3.63, 3.8) is 0 Å². The molecule has 1 aliphatic carbocycles. The fourth-order valence-electron chi connectivity index (χ4n) is 3.65. The molecular weight excluding hydrogens is 344 g/mol. The summed E-state index contributed by atoms with van der Waals surface area (Å²) in [4.78, 5) is 12.4. The summed E-state index contributed by atoms with van der Waals surface area (Å²) in [5.41, 5.74) is 2.82. The smallest absolute Gasteiger partial charge is 0.290 e. The van der Waals surface area contributed by atoms with Gasteiger partial charge in [0.05, 0.1) is 19.3 Å². The quantitative estimate of drug-likeness (QED) is 0.753. The van der Waals surface area contributed by atoms with Crippen molar-refractivity contribution in [2.45, 2.75) is 30.8 Å². The molecule has 0 atom stereocenters. The molecule has 1 saturated heterocycles. The zero-order valence-corrected chi connectivity index (χ0v) is 14.7. The molecule has 0 radical (unpaired) electrons. The van der Waals surface area contributed by atoms with Crippen LogP contribution in [0.3, 0.4) is 0 Å². The van der Waals surface area contributed by atoms with Crippen LogP contribution in [-0.2, 0) is 4.74 Å². The normalized spacial score (nSPS) is 22.1. The largest absolute Gasteiger partial charge is 0.380 e. The van der Waals surface area contributed by atoms with Crippen LogP contribution in [0, 0.1) is 0 Å². The van der Waals surface area contributed by atoms with Crippen LogP contribution in [0.1, 0.15) is 41.1 Å². The fraction of sp³-hybridized carbons (Fsp3) is 0.350. The fourth-order valence-corrected chi connectivity index (χ4v) is 3.65. The zero-order chi connectivity index (χ0) is 18.2. The van der Waals surface area contributed by atoms with Crippen molar-refractivity contribution < 1.29 is 14.1 Å². The molecular formula is C20H20N4O3. The van der Waals surface area contributed by atoms with Gasteiger partial charge in [0.1, 0.15) is 5.69 Å². The highest BCUT2D eigenvalue weighted by molar-refractivity contribution is 5.92. The molecule has 1 amide bonds. The molecule has 1 saturated carbocycles. The minimum absolute atomic E-state index is 0.127. The number of carbonyl (C=O) groups excluding carboxylic acids is 1. The predicted molar refractivity (Wildman–Crippen MR) is 97.3 cm³/mol. The van der Waals surface area contributed by atoms with Crippen molar-refractivity contribution in [3.05, 3.63) is 60.1 Å². The van der Waals surface area contributed by atoms with Crippen LogP contribution in [0.4, 0.5) is 0 Å². The molecule has 138 valence electrons. The van der Waals surface area contributed by atoms with Gasteiger partial charge in [0.15, 0.2) is 0 Å². The Kier molecular flexibility index (Phi) is 4.01. The Hall–Kier alpha value is -2.93. The third-order valence-electron chi connectivity index (χ3n) is 5.36. The van der Waals surface area contributed by atoms with Crippen molar-refractivity contribution in [2.75, 3.05) is 13.2 Å². The van der Waals surface area contributed by atoms with Gasteiger partial charge < -0.3 is 14.6 Å². The Labute approximate surface area is 156 Å². The van der Waals surface area contributed by atoms with E-state index in [-0.39, 0.29) is 17.7 Å². The molecule has 1 aromatic carbocycles. The monoisotopic (exact) mass is 364 g/mol. The number of amides is 1. The van der Waals surface area contributed by atoms with Gasteiger partial charge in [0.25, 0.3) is 5.91 Å². The SMILES string of the molecule is O=C(N[C@H]1C[C@H](n2nccc2C2COC2)C1)c1cc(-c2ccccc2)no1. The summed E-state index contributed by atoms with van der Waals surface area (Å²) in [6, 6.07) is 13.9. The van der Waals surface area contributed by atoms with Gasteiger partial charge in [0, 0.05) is 35.5 Å². The summed E-state index contributed by atoms with van der Waals surface area (Å²) in [5.74, 6) is 0.469. The van der Waals surface area contributed by atoms with Crippen molar-refractivity contribution in [2.24, 2.45) is 0 Å². The standard InChI is InChI=1S/C20H20N4O3/c25-20(19-10-17(23-27-19)13-4-2-1-3-5-13)22-15-8-16(9-15)24-18(6-7-21-24)14-11-26-12-14/h1-7,10,14-16H,8-9,11-12H2,(H,22,25)/t15-,16-. The Morgan fingerprint density at radius 1 is 1.15 bits per heavy atom. The molecule has 27 heavy (non-hydrogen) atoms. The molecule has 3 aromatic rings. The van der Waals surface area contributed by atoms with Gasteiger partial charge in [-0.2, -0.15) is 5.10 Å². The molecule has 1 N–H and O–H groups in total. The Balaban J connectivity index is 1.19. The van der Waals surface area contributed by atoms with Gasteiger partial charge >= 0.3 is 0 Å². The summed E-state index contributed by atoms with van der Waals surface area (Å²) in [5, 5.41) is 11.5. The molecule has 3 heterocycles. The van der Waals surface area contributed by atoms with Crippen LogP contribution in [0.25, 0.3) is 11.3 Å². The Morgan fingerprint density at radius 2 is 1.96 bits per heavy atom. The lowest BCUT2D eigenvalue weighted by Crippen LogP contribution is -2.46. The summed E-state index contributed by atoms with van der Waals surface area (Å²) in [6.07, 6.45) is 3.58. The predicted octanol–water partition coefficient (Wildman–Crippen LogP) is 2.79. The van der Waals surface area contributed by atoms with Gasteiger partial charge in [-0.15, -0.1) is 0 Å². The molecule has 2 aromatic heterocycles. The first kappa shape index (κ1) is 16.3. The van der Waals surface area contributed by atoms with E-state index < -0.39 is 0 Å². The van der Waals surface area contributed by atoms with E-state index in [1.165, 1.54) is 5.69 Å². The number of nitrogens with zero attached hydrogens (tertiary/aromatic N) is 3. The topological polar surface area (TPSA) is 82.2 Å². The van der Waals surface area contributed by atoms with Crippen molar-refractivity contribution in [1.82, 2.24) is 20.3 Å². The number of aromatic nitrogens is 3. The summed E-state index contributed by atoms with van der Waals surface area (Å²) < 4.78 is 12.6. The summed E-state index contributed by atoms with van der Waals surface area (Å²) in [7, 11) is 0. The molecule has 0 spiro atoms. The van der Waals surface area contributed by atoms with E-state index in [2.05, 4.69) is 26.3 Å². The van der Waals surface area contributed by atoms with Crippen LogP contribution < -0.4 is 5.32 Å². The third-order valence-corrected chi connectivity index (χ3v) is 5.36. The van der Waals surface area contributed by atoms with Crippen molar-refractivity contribution in [3.8, 4) is 11.3 Å². The van der Waals surface area contributed by atoms with Crippen LogP contribution in [0.15, 0.2) is 53.2 Å². The van der Waals surface area contributed by atoms with Crippen LogP contribution in [0.5, 0.6) is 0 Å². The molecule has 2 fully saturated rings. The zero-order valence-electron chi connectivity index (χ0n) is 14.7. The second-order valence-corrected chi connectivity index (χ2v) is 7.17. The lowest BCUT2D eigenvalue weighted by Gasteiger charge is -2.38. The number of carbonyl (C=O) groups is 1. The minimum Gasteiger partial charge on any atom is -0.380 e. The first-order valence-electron chi connectivity index (χ1n) is 9.22. The van der Waals surface area contributed by atoms with E-state index in [0.29, 0.717) is 17.7 Å². The van der Waals surface area contributed by atoms with Gasteiger partial charge in [-0.05, 0) is 18.9 Å². The van der Waals surface area contributed by atoms with E-state index >= 15 is 0 Å². The molecule has 0 bridgehead atoms. The number of hydrogen-bond donors (Lipinski definition) is 1. The van der Waals surface area contributed by atoms with E-state index in [0.717, 1.165) is 31.6 Å². The highest BCUT2D eigenvalue weighted by Crippen LogP contribution is 2.35. The van der Waals surface area contributed by atoms with E-state index in [9.17, 15) is 4.79 Å². The highest BCUT2D eigenvalue weighted by Gasteiger charge is 2.36. The molecule has 7 nitrogen and oxygen atoms in total. The maximum atomic E-state index is 12.4. The van der Waals surface area contributed by atoms with E-state index in [4.69, 9.17) is 9.26 Å². The van der Waals surface area contributed by atoms with Crippen molar-refractivity contribution >= 4 is 5.91 Å². The molecule has 5 rings (SSSR count). The molecule has 7 heteroatoms. The molecule has 2 aliphatic rings. The molecule has 0 unspecified atom stereocenters. The van der Waals surface area contributed by atoms with Gasteiger partial charge in [-0.1, -0.05) is 35.5 Å². The maximum absolute atomic E-state index is 12.4. The van der Waals surface area contributed by atoms with Gasteiger partial charge in [0.2, 0.25) is 5.76 Å². The highest BCUT2D eigenvalue weighted by atomic mass is 16.5. The third kappa shape index (κ3) is 3.04. The van der Waals surface area contributed by atoms with Crippen LogP contribution in [0.2, 0.25) is 0 Å². The van der Waals surface area contributed by atoms with Crippen LogP contribution >= 0.6 is 0 Å². The van der Waals surface area contributed by atoms with Gasteiger partial charge in [-0.3, -0.25) is 9.48 Å². The number of hydrogen-bond acceptors (Lipinski definition) is 5. The van der Waals surface area contributed by atoms with Crippen molar-refractivity contribution in [1.29, 1.82) is 0 Å². The number of benzene rings is 1. The van der Waals surface area contributed by atoms with Gasteiger partial charge in [-0.25, -0.2) is 0 Å². The lowest BCUT2D eigenvalue weighted by atomic mass is 9.86. The second kappa shape index (κ2) is 6.66. The van der Waals surface area contributed by atoms with Crippen LogP contribution in [-0.4, -0.2) is 40.1 Å². The average molecular weight is 364 g/mol. The molecule has 1 aliphatic heterocycles. The first-order chi connectivity index (χ1) is 13.3. The summed E-state index contributed by atoms with van der Waals surface area (Å²) in [6.45, 7) is 1.54.